The summed E-state index contributed by atoms with van der Waals surface area (Å²) in [6, 6.07) is 10.3. The molecule has 0 radical (unpaired) electrons. The van der Waals surface area contributed by atoms with Gasteiger partial charge < -0.3 is 4.74 Å². The maximum absolute atomic E-state index is 12.2. The van der Waals surface area contributed by atoms with E-state index in [1.807, 2.05) is 6.92 Å². The quantitative estimate of drug-likeness (QED) is 0.471. The monoisotopic (exact) mass is 404 g/mol. The van der Waals surface area contributed by atoms with Crippen LogP contribution in [0.25, 0.3) is 0 Å². The highest BCUT2D eigenvalue weighted by atomic mass is 35.5. The van der Waals surface area contributed by atoms with Crippen molar-refractivity contribution in [3.8, 4) is 11.5 Å². The van der Waals surface area contributed by atoms with E-state index < -0.39 is 4.92 Å². The number of nitrogens with zero attached hydrogens (tertiary/aromatic N) is 3. The van der Waals surface area contributed by atoms with Gasteiger partial charge in [0.05, 0.1) is 4.92 Å². The molecule has 3 aromatic rings. The summed E-state index contributed by atoms with van der Waals surface area (Å²) in [6.07, 6.45) is 0.746. The van der Waals surface area contributed by atoms with Crippen LogP contribution in [-0.2, 0) is 6.42 Å². The van der Waals surface area contributed by atoms with E-state index in [4.69, 9.17) is 16.3 Å². The second kappa shape index (κ2) is 8.11. The lowest BCUT2D eigenvalue weighted by Crippen LogP contribution is -2.11. The molecular formula is C17H13ClN4O4S. The Hall–Kier alpha value is -3.04. The average Bonchev–Trinajstić information content (AvgIpc) is 3.11. The van der Waals surface area contributed by atoms with Crippen LogP contribution in [0.1, 0.15) is 22.3 Å². The van der Waals surface area contributed by atoms with Crippen molar-refractivity contribution in [2.45, 2.75) is 13.3 Å². The van der Waals surface area contributed by atoms with Crippen LogP contribution in [0.4, 0.5) is 10.8 Å². The second-order valence-corrected chi connectivity index (χ2v) is 6.80. The van der Waals surface area contributed by atoms with Gasteiger partial charge in [0.1, 0.15) is 10.8 Å². The van der Waals surface area contributed by atoms with Crippen molar-refractivity contribution in [2.75, 3.05) is 5.32 Å². The normalized spacial score (nSPS) is 10.4. The molecule has 0 saturated carbocycles. The van der Waals surface area contributed by atoms with Gasteiger partial charge >= 0.3 is 5.69 Å². The first-order chi connectivity index (χ1) is 13.0. The molecule has 1 heterocycles. The number of hydrogen-bond donors (Lipinski definition) is 1. The maximum Gasteiger partial charge on any atom is 0.313 e. The Morgan fingerprint density at radius 1 is 1.26 bits per heavy atom. The van der Waals surface area contributed by atoms with Gasteiger partial charge in [-0.2, -0.15) is 0 Å². The number of carbonyl (C=O) groups excluding carboxylic acids is 1. The first kappa shape index (κ1) is 18.7. The number of benzene rings is 2. The first-order valence-corrected chi connectivity index (χ1v) is 9.01. The summed E-state index contributed by atoms with van der Waals surface area (Å²) in [5.74, 6) is 0.0709. The number of nitrogens with one attached hydrogen (secondary N) is 1. The van der Waals surface area contributed by atoms with Gasteiger partial charge in [0.25, 0.3) is 5.91 Å². The number of amides is 1. The number of rotatable bonds is 6. The summed E-state index contributed by atoms with van der Waals surface area (Å²) in [7, 11) is 0. The Morgan fingerprint density at radius 2 is 2.00 bits per heavy atom. The molecular weight excluding hydrogens is 392 g/mol. The van der Waals surface area contributed by atoms with E-state index >= 15 is 0 Å². The van der Waals surface area contributed by atoms with Gasteiger partial charge in [0.15, 0.2) is 0 Å². The zero-order chi connectivity index (χ0) is 19.4. The van der Waals surface area contributed by atoms with Crippen LogP contribution in [0.5, 0.6) is 11.5 Å². The number of anilines is 1. The van der Waals surface area contributed by atoms with E-state index in [1.54, 1.807) is 24.3 Å². The summed E-state index contributed by atoms with van der Waals surface area (Å²) in [6.45, 7) is 1.95. The molecule has 138 valence electrons. The molecule has 0 unspecified atom stereocenters. The van der Waals surface area contributed by atoms with Gasteiger partial charge in [0, 0.05) is 16.7 Å². The Balaban J connectivity index is 1.72. The third-order valence-electron chi connectivity index (χ3n) is 3.45. The van der Waals surface area contributed by atoms with Crippen LogP contribution < -0.4 is 10.1 Å². The van der Waals surface area contributed by atoms with E-state index in [0.29, 0.717) is 16.4 Å². The van der Waals surface area contributed by atoms with Crippen molar-refractivity contribution in [3.63, 3.8) is 0 Å². The molecule has 3 rings (SSSR count). The van der Waals surface area contributed by atoms with Crippen molar-refractivity contribution in [1.82, 2.24) is 10.2 Å². The summed E-state index contributed by atoms with van der Waals surface area (Å²) in [5, 5.41) is 23.1. The smallest absolute Gasteiger partial charge is 0.313 e. The summed E-state index contributed by atoms with van der Waals surface area (Å²) >= 11 is 7.10. The standard InChI is InChI=1S/C17H13ClN4O4S/c1-2-15-20-21-17(27-15)19-16(23)10-3-6-12(7-4-10)26-14-8-5-11(18)9-13(14)22(24)25/h3-9H,2H2,1H3,(H,19,21,23). The molecule has 0 atom stereocenters. The van der Waals surface area contributed by atoms with Crippen LogP contribution in [0, 0.1) is 10.1 Å². The van der Waals surface area contributed by atoms with Gasteiger partial charge in [-0.25, -0.2) is 0 Å². The Morgan fingerprint density at radius 3 is 2.63 bits per heavy atom. The minimum atomic E-state index is -0.574. The van der Waals surface area contributed by atoms with Crippen molar-refractivity contribution in [2.24, 2.45) is 0 Å². The van der Waals surface area contributed by atoms with Crippen LogP contribution in [0.3, 0.4) is 0 Å². The molecule has 1 aromatic heterocycles. The molecule has 27 heavy (non-hydrogen) atoms. The molecule has 0 aliphatic rings. The molecule has 0 saturated heterocycles. The minimum Gasteiger partial charge on any atom is -0.450 e. The van der Waals surface area contributed by atoms with E-state index in [-0.39, 0.29) is 22.4 Å². The van der Waals surface area contributed by atoms with E-state index in [9.17, 15) is 14.9 Å². The lowest BCUT2D eigenvalue weighted by molar-refractivity contribution is -0.385. The number of aryl methyl sites for hydroxylation is 1. The van der Waals surface area contributed by atoms with Gasteiger partial charge in [-0.1, -0.05) is 29.9 Å². The first-order valence-electron chi connectivity index (χ1n) is 7.82. The molecule has 0 spiro atoms. The molecule has 8 nitrogen and oxygen atoms in total. The van der Waals surface area contributed by atoms with Crippen LogP contribution in [0.15, 0.2) is 42.5 Å². The highest BCUT2D eigenvalue weighted by Gasteiger charge is 2.17. The van der Waals surface area contributed by atoms with Gasteiger partial charge in [-0.15, -0.1) is 10.2 Å². The number of carbonyl (C=O) groups is 1. The zero-order valence-corrected chi connectivity index (χ0v) is 15.6. The number of hydrogen-bond acceptors (Lipinski definition) is 7. The number of nitro benzene ring substituents is 1. The van der Waals surface area contributed by atoms with E-state index in [2.05, 4.69) is 15.5 Å². The predicted octanol–water partition coefficient (Wildman–Crippen LogP) is 4.71. The predicted molar refractivity (Wildman–Crippen MR) is 102 cm³/mol. The molecule has 0 aliphatic carbocycles. The van der Waals surface area contributed by atoms with Gasteiger partial charge in [0.2, 0.25) is 10.9 Å². The summed E-state index contributed by atoms with van der Waals surface area (Å²) in [5.41, 5.74) is 0.147. The average molecular weight is 405 g/mol. The molecule has 0 aliphatic heterocycles. The molecule has 1 N–H and O–H groups in total. The van der Waals surface area contributed by atoms with Gasteiger partial charge in [-0.05, 0) is 42.8 Å². The van der Waals surface area contributed by atoms with E-state index in [1.165, 1.54) is 29.5 Å². The third-order valence-corrected chi connectivity index (χ3v) is 4.67. The maximum atomic E-state index is 12.2. The fourth-order valence-electron chi connectivity index (χ4n) is 2.14. The lowest BCUT2D eigenvalue weighted by atomic mass is 10.2. The SMILES string of the molecule is CCc1nnc(NC(=O)c2ccc(Oc3ccc(Cl)cc3[N+](=O)[O-])cc2)s1. The van der Waals surface area contributed by atoms with E-state index in [0.717, 1.165) is 11.4 Å². The number of ether oxygens (including phenoxy) is 1. The molecule has 10 heteroatoms. The van der Waals surface area contributed by atoms with Crippen LogP contribution in [0.2, 0.25) is 5.02 Å². The fourth-order valence-corrected chi connectivity index (χ4v) is 2.98. The molecule has 2 aromatic carbocycles. The zero-order valence-electron chi connectivity index (χ0n) is 14.0. The largest absolute Gasteiger partial charge is 0.450 e. The number of halogens is 1. The van der Waals surface area contributed by atoms with Crippen molar-refractivity contribution >= 4 is 39.7 Å². The third kappa shape index (κ3) is 4.57. The highest BCUT2D eigenvalue weighted by Crippen LogP contribution is 2.33. The number of aromatic nitrogens is 2. The van der Waals surface area contributed by atoms with Crippen molar-refractivity contribution in [3.05, 3.63) is 68.2 Å². The molecule has 0 bridgehead atoms. The molecule has 0 fully saturated rings. The van der Waals surface area contributed by atoms with Gasteiger partial charge in [-0.3, -0.25) is 20.2 Å². The lowest BCUT2D eigenvalue weighted by Gasteiger charge is -2.07. The second-order valence-electron chi connectivity index (χ2n) is 5.30. The van der Waals surface area contributed by atoms with Crippen LogP contribution in [-0.4, -0.2) is 21.0 Å². The molecule has 1 amide bonds. The Bertz CT molecular complexity index is 991. The Kier molecular flexibility index (Phi) is 5.63. The Labute approximate surface area is 162 Å². The van der Waals surface area contributed by atoms with Crippen molar-refractivity contribution in [1.29, 1.82) is 0 Å². The van der Waals surface area contributed by atoms with Crippen molar-refractivity contribution < 1.29 is 14.5 Å². The summed E-state index contributed by atoms with van der Waals surface area (Å²) < 4.78 is 5.54. The summed E-state index contributed by atoms with van der Waals surface area (Å²) in [4.78, 5) is 22.8. The highest BCUT2D eigenvalue weighted by molar-refractivity contribution is 7.15. The van der Waals surface area contributed by atoms with Crippen LogP contribution >= 0.6 is 22.9 Å². The topological polar surface area (TPSA) is 107 Å². The number of nitro groups is 1. The minimum absolute atomic E-state index is 0.0579. The fraction of sp³-hybridized carbons (Fsp3) is 0.118.